The zero-order chi connectivity index (χ0) is 20.7. The molecule has 0 unspecified atom stereocenters. The normalized spacial score (nSPS) is 23.3. The Morgan fingerprint density at radius 1 is 1.04 bits per heavy atom. The van der Waals surface area contributed by atoms with Crippen molar-refractivity contribution in [2.24, 2.45) is 0 Å². The third kappa shape index (κ3) is 5.95. The van der Waals surface area contributed by atoms with Crippen LogP contribution in [0.2, 0.25) is 21.4 Å². The molecule has 0 aliphatic carbocycles. The molecule has 1 heterocycles. The topological polar surface area (TPSA) is 18.5 Å². The third-order valence-corrected chi connectivity index (χ3v) is 15.3. The number of unbranched alkanes of at least 4 members (excludes halogenated alkanes) is 1. The van der Waals surface area contributed by atoms with Gasteiger partial charge in [-0.05, 0) is 0 Å². The molecule has 0 N–H and O–H groups in total. The second-order valence-electron chi connectivity index (χ2n) is 9.27. The maximum atomic E-state index is 6.87. The Morgan fingerprint density at radius 3 is 2.18 bits per heavy atom. The molecule has 28 heavy (non-hydrogen) atoms. The molecule has 3 atom stereocenters. The van der Waals surface area contributed by atoms with Gasteiger partial charge in [-0.2, -0.15) is 0 Å². The zero-order valence-corrected chi connectivity index (χ0v) is 21.8. The molecular formula is C24H42O2SeSi. The molecule has 1 aromatic rings. The van der Waals surface area contributed by atoms with Gasteiger partial charge in [0.15, 0.2) is 0 Å². The first-order chi connectivity index (χ1) is 13.3. The quantitative estimate of drug-likeness (QED) is 0.352. The summed E-state index contributed by atoms with van der Waals surface area (Å²) in [6.07, 6.45) is 5.58. The third-order valence-electron chi connectivity index (χ3n) is 6.38. The number of rotatable bonds is 11. The SMILES string of the molecule is CCCC[C@@H]1O[C@H](CO[Si](C(C)C)(C(C)C)C(C)C)C[C@H]1[Se]c1ccccc1. The molecule has 1 aliphatic rings. The van der Waals surface area contributed by atoms with E-state index in [9.17, 15) is 0 Å². The van der Waals surface area contributed by atoms with Gasteiger partial charge in [-0.1, -0.05) is 0 Å². The number of hydrogen-bond acceptors (Lipinski definition) is 2. The van der Waals surface area contributed by atoms with Crippen LogP contribution in [0.25, 0.3) is 0 Å². The number of ether oxygens (including phenoxy) is 1. The van der Waals surface area contributed by atoms with Crippen molar-refractivity contribution in [3.05, 3.63) is 30.3 Å². The molecule has 4 heteroatoms. The van der Waals surface area contributed by atoms with Crippen molar-refractivity contribution in [2.75, 3.05) is 6.61 Å². The first-order valence-corrected chi connectivity index (χ1v) is 15.3. The Morgan fingerprint density at radius 2 is 1.64 bits per heavy atom. The molecule has 1 aromatic carbocycles. The molecule has 2 nitrogen and oxygen atoms in total. The summed E-state index contributed by atoms with van der Waals surface area (Å²) in [5.41, 5.74) is 1.90. The van der Waals surface area contributed by atoms with Gasteiger partial charge < -0.3 is 0 Å². The zero-order valence-electron chi connectivity index (χ0n) is 19.1. The van der Waals surface area contributed by atoms with E-state index in [0.717, 1.165) is 6.61 Å². The first kappa shape index (κ1) is 24.1. The van der Waals surface area contributed by atoms with E-state index in [1.165, 1.54) is 30.1 Å². The molecule has 0 radical (unpaired) electrons. The predicted molar refractivity (Wildman–Crippen MR) is 125 cm³/mol. The van der Waals surface area contributed by atoms with Gasteiger partial charge in [0.05, 0.1) is 0 Å². The van der Waals surface area contributed by atoms with Gasteiger partial charge in [0, 0.05) is 0 Å². The van der Waals surface area contributed by atoms with Crippen molar-refractivity contribution in [3.8, 4) is 0 Å². The maximum absolute atomic E-state index is 6.87. The van der Waals surface area contributed by atoms with E-state index in [4.69, 9.17) is 9.16 Å². The first-order valence-electron chi connectivity index (χ1n) is 11.3. The van der Waals surface area contributed by atoms with Crippen molar-refractivity contribution in [2.45, 2.75) is 108 Å². The molecule has 1 saturated heterocycles. The average molecular weight is 470 g/mol. The average Bonchev–Trinajstić information content (AvgIpc) is 3.02. The molecule has 1 aliphatic heterocycles. The van der Waals surface area contributed by atoms with Crippen molar-refractivity contribution >= 4 is 27.7 Å². The van der Waals surface area contributed by atoms with Crippen molar-refractivity contribution in [1.82, 2.24) is 0 Å². The summed E-state index contributed by atoms with van der Waals surface area (Å²) in [6, 6.07) is 11.0. The van der Waals surface area contributed by atoms with E-state index < -0.39 is 8.32 Å². The van der Waals surface area contributed by atoms with Crippen LogP contribution in [0, 0.1) is 0 Å². The Bertz CT molecular complexity index is 539. The van der Waals surface area contributed by atoms with Crippen LogP contribution in [0.15, 0.2) is 30.3 Å². The standard InChI is InChI=1S/C24H42O2SeSi/c1-8-9-15-23-24(27-22-13-11-10-12-14-22)16-21(26-23)17-25-28(18(2)3,19(4)5)20(6)7/h10-14,18-21,23-24H,8-9,15-17H2,1-7H3/t21-,23-,24+/m0/s1. The number of benzene rings is 1. The molecule has 2 rings (SSSR count). The van der Waals surface area contributed by atoms with Gasteiger partial charge in [0.25, 0.3) is 0 Å². The summed E-state index contributed by atoms with van der Waals surface area (Å²) in [7, 11) is -1.81. The monoisotopic (exact) mass is 470 g/mol. The fourth-order valence-corrected chi connectivity index (χ4v) is 13.4. The van der Waals surface area contributed by atoms with Crippen LogP contribution in [0.5, 0.6) is 0 Å². The van der Waals surface area contributed by atoms with Crippen molar-refractivity contribution < 1.29 is 9.16 Å². The van der Waals surface area contributed by atoms with Gasteiger partial charge in [-0.15, -0.1) is 0 Å². The summed E-state index contributed by atoms with van der Waals surface area (Å²) in [6.45, 7) is 17.3. The Labute approximate surface area is 181 Å². The molecule has 0 spiro atoms. The molecule has 1 fully saturated rings. The van der Waals surface area contributed by atoms with Crippen LogP contribution in [0.1, 0.15) is 74.1 Å². The minimum absolute atomic E-state index is 0.278. The van der Waals surface area contributed by atoms with Gasteiger partial charge in [-0.25, -0.2) is 0 Å². The van der Waals surface area contributed by atoms with E-state index in [1.807, 2.05) is 0 Å². The van der Waals surface area contributed by atoms with E-state index in [0.29, 0.717) is 42.5 Å². The summed E-state index contributed by atoms with van der Waals surface area (Å²) in [4.78, 5) is 0.684. The number of hydrogen-bond donors (Lipinski definition) is 0. The van der Waals surface area contributed by atoms with Gasteiger partial charge >= 0.3 is 182 Å². The van der Waals surface area contributed by atoms with Crippen LogP contribution in [0.4, 0.5) is 0 Å². The molecule has 0 amide bonds. The van der Waals surface area contributed by atoms with Gasteiger partial charge in [0.2, 0.25) is 0 Å². The van der Waals surface area contributed by atoms with Crippen molar-refractivity contribution in [3.63, 3.8) is 0 Å². The van der Waals surface area contributed by atoms with E-state index in [-0.39, 0.29) is 6.10 Å². The van der Waals surface area contributed by atoms with Gasteiger partial charge in [-0.3, -0.25) is 0 Å². The summed E-state index contributed by atoms with van der Waals surface area (Å²) in [5.74, 6) is 0. The fraction of sp³-hybridized carbons (Fsp3) is 0.750. The Hall–Kier alpha value is -0.124. The second-order valence-corrected chi connectivity index (χ2v) is 17.5. The second kappa shape index (κ2) is 11.3. The van der Waals surface area contributed by atoms with Crippen LogP contribution in [0.3, 0.4) is 0 Å². The van der Waals surface area contributed by atoms with Crippen LogP contribution < -0.4 is 4.46 Å². The van der Waals surface area contributed by atoms with Crippen LogP contribution in [-0.4, -0.2) is 42.1 Å². The fourth-order valence-electron chi connectivity index (χ4n) is 5.10. The van der Waals surface area contributed by atoms with E-state index in [1.54, 1.807) is 0 Å². The Kier molecular flexibility index (Phi) is 9.76. The van der Waals surface area contributed by atoms with Gasteiger partial charge in [0.1, 0.15) is 0 Å². The molecule has 0 aromatic heterocycles. The minimum atomic E-state index is -1.81. The van der Waals surface area contributed by atoms with E-state index in [2.05, 4.69) is 78.8 Å². The van der Waals surface area contributed by atoms with Crippen molar-refractivity contribution in [1.29, 1.82) is 0 Å². The molecular weight excluding hydrogens is 427 g/mol. The molecule has 160 valence electrons. The summed E-state index contributed by atoms with van der Waals surface area (Å²) < 4.78 is 15.0. The van der Waals surface area contributed by atoms with Crippen LogP contribution >= 0.6 is 0 Å². The summed E-state index contributed by atoms with van der Waals surface area (Å²) in [5, 5.41) is 0. The molecule has 0 saturated carbocycles. The van der Waals surface area contributed by atoms with Crippen LogP contribution in [-0.2, 0) is 9.16 Å². The van der Waals surface area contributed by atoms with E-state index >= 15 is 0 Å². The Balaban J connectivity index is 2.05. The summed E-state index contributed by atoms with van der Waals surface area (Å²) >= 11 is 0.483. The predicted octanol–water partition coefficient (Wildman–Crippen LogP) is 6.34. The molecule has 0 bridgehead atoms.